The molecule has 114 valence electrons. The number of hydrogen-bond acceptors (Lipinski definition) is 3. The molecule has 21 heavy (non-hydrogen) atoms. The molecule has 0 N–H and O–H groups in total. The fourth-order valence-electron chi connectivity index (χ4n) is 1.66. The zero-order valence-corrected chi connectivity index (χ0v) is 12.7. The van der Waals surface area contributed by atoms with Crippen LogP contribution in [0.2, 0.25) is 0 Å². The molecule has 0 aliphatic rings. The van der Waals surface area contributed by atoms with E-state index in [4.69, 9.17) is 16.3 Å². The number of benzene rings is 1. The van der Waals surface area contributed by atoms with Crippen molar-refractivity contribution >= 4 is 22.9 Å². The molecule has 0 bridgehead atoms. The summed E-state index contributed by atoms with van der Waals surface area (Å²) in [5.41, 5.74) is 2.19. The molecule has 0 saturated carbocycles. The second kappa shape index (κ2) is 6.77. The first-order chi connectivity index (χ1) is 9.91. The molecule has 2 rings (SSSR count). The van der Waals surface area contributed by atoms with Crippen molar-refractivity contribution in [1.29, 1.82) is 0 Å². The van der Waals surface area contributed by atoms with E-state index in [0.717, 1.165) is 23.2 Å². The lowest BCUT2D eigenvalue weighted by Gasteiger charge is -2.17. The van der Waals surface area contributed by atoms with E-state index in [2.05, 4.69) is 4.98 Å². The monoisotopic (exact) mass is 335 g/mol. The maximum absolute atomic E-state index is 12.5. The number of halogens is 4. The van der Waals surface area contributed by atoms with Gasteiger partial charge in [-0.25, -0.2) is 4.98 Å². The molecule has 0 fully saturated rings. The standard InChI is InChI=1S/C14H13ClF3NOS/c1-9(14(16,17)18)20-7-10-4-2-3-5-12(10)13-19-11(6-15)8-21-13/h2-5,8-9H,6-7H2,1H3. The Kier molecular flexibility index (Phi) is 5.24. The fraction of sp³-hybridized carbons (Fsp3) is 0.357. The molecule has 2 aromatic rings. The van der Waals surface area contributed by atoms with Gasteiger partial charge in [0.15, 0.2) is 6.10 Å². The van der Waals surface area contributed by atoms with Gasteiger partial charge in [-0.3, -0.25) is 0 Å². The molecule has 0 radical (unpaired) electrons. The summed E-state index contributed by atoms with van der Waals surface area (Å²) in [7, 11) is 0. The molecule has 1 unspecified atom stereocenters. The van der Waals surface area contributed by atoms with E-state index in [1.165, 1.54) is 11.3 Å². The van der Waals surface area contributed by atoms with Crippen molar-refractivity contribution in [2.24, 2.45) is 0 Å². The molecular formula is C14H13ClF3NOS. The normalized spacial score (nSPS) is 13.4. The van der Waals surface area contributed by atoms with Gasteiger partial charge in [0.05, 0.1) is 18.2 Å². The first kappa shape index (κ1) is 16.3. The topological polar surface area (TPSA) is 22.1 Å². The van der Waals surface area contributed by atoms with Gasteiger partial charge < -0.3 is 4.74 Å². The Morgan fingerprint density at radius 1 is 1.33 bits per heavy atom. The van der Waals surface area contributed by atoms with Crippen molar-refractivity contribution < 1.29 is 17.9 Å². The molecule has 1 heterocycles. The summed E-state index contributed by atoms with van der Waals surface area (Å²) in [6, 6.07) is 7.12. The van der Waals surface area contributed by atoms with Crippen LogP contribution in [-0.2, 0) is 17.2 Å². The summed E-state index contributed by atoms with van der Waals surface area (Å²) < 4.78 is 42.3. The van der Waals surface area contributed by atoms with E-state index in [1.54, 1.807) is 12.1 Å². The van der Waals surface area contributed by atoms with Gasteiger partial charge in [0.25, 0.3) is 0 Å². The van der Waals surface area contributed by atoms with Crippen LogP contribution in [0.3, 0.4) is 0 Å². The van der Waals surface area contributed by atoms with E-state index in [1.807, 2.05) is 17.5 Å². The Labute approximate surface area is 129 Å². The molecule has 2 nitrogen and oxygen atoms in total. The highest BCUT2D eigenvalue weighted by Gasteiger charge is 2.36. The third-order valence-electron chi connectivity index (χ3n) is 2.89. The minimum Gasteiger partial charge on any atom is -0.364 e. The number of rotatable bonds is 5. The molecule has 7 heteroatoms. The maximum atomic E-state index is 12.5. The Morgan fingerprint density at radius 2 is 2.05 bits per heavy atom. The summed E-state index contributed by atoms with van der Waals surface area (Å²) in [6.07, 6.45) is -6.16. The zero-order valence-electron chi connectivity index (χ0n) is 11.2. The minimum atomic E-state index is -4.36. The SMILES string of the molecule is CC(OCc1ccccc1-c1nc(CCl)cs1)C(F)(F)F. The zero-order chi connectivity index (χ0) is 15.5. The molecular weight excluding hydrogens is 323 g/mol. The second-order valence-electron chi connectivity index (χ2n) is 4.43. The smallest absolute Gasteiger partial charge is 0.364 e. The van der Waals surface area contributed by atoms with E-state index >= 15 is 0 Å². The Hall–Kier alpha value is -1.11. The summed E-state index contributed by atoms with van der Waals surface area (Å²) in [4.78, 5) is 4.34. The second-order valence-corrected chi connectivity index (χ2v) is 5.55. The molecule has 1 atom stereocenters. The van der Waals surface area contributed by atoms with Crippen LogP contribution in [0.1, 0.15) is 18.2 Å². The van der Waals surface area contributed by atoms with E-state index in [-0.39, 0.29) is 6.61 Å². The average molecular weight is 336 g/mol. The van der Waals surface area contributed by atoms with E-state index in [0.29, 0.717) is 11.4 Å². The predicted molar refractivity (Wildman–Crippen MR) is 77.4 cm³/mol. The highest BCUT2D eigenvalue weighted by Crippen LogP contribution is 2.29. The van der Waals surface area contributed by atoms with Crippen LogP contribution in [0, 0.1) is 0 Å². The van der Waals surface area contributed by atoms with Crippen LogP contribution < -0.4 is 0 Å². The first-order valence-corrected chi connectivity index (χ1v) is 7.60. The highest BCUT2D eigenvalue weighted by molar-refractivity contribution is 7.13. The third-order valence-corrected chi connectivity index (χ3v) is 4.08. The van der Waals surface area contributed by atoms with Gasteiger partial charge in [-0.2, -0.15) is 13.2 Å². The molecule has 0 saturated heterocycles. The predicted octanol–water partition coefficient (Wildman–Crippen LogP) is 5.02. The van der Waals surface area contributed by atoms with Crippen molar-refractivity contribution in [2.75, 3.05) is 0 Å². The number of nitrogens with zero attached hydrogens (tertiary/aromatic N) is 1. The summed E-state index contributed by atoms with van der Waals surface area (Å²) in [6.45, 7) is 0.879. The van der Waals surface area contributed by atoms with Crippen LogP contribution in [0.25, 0.3) is 10.6 Å². The lowest BCUT2D eigenvalue weighted by Crippen LogP contribution is -2.28. The van der Waals surface area contributed by atoms with Crippen LogP contribution in [0.4, 0.5) is 13.2 Å². The molecule has 0 amide bonds. The average Bonchev–Trinajstić information content (AvgIpc) is 2.92. The Balaban J connectivity index is 2.17. The largest absolute Gasteiger partial charge is 0.414 e. The number of aromatic nitrogens is 1. The first-order valence-electron chi connectivity index (χ1n) is 6.18. The van der Waals surface area contributed by atoms with Gasteiger partial charge >= 0.3 is 6.18 Å². The number of alkyl halides is 4. The molecule has 1 aromatic carbocycles. The number of thiazole rings is 1. The minimum absolute atomic E-state index is 0.118. The van der Waals surface area contributed by atoms with Crippen molar-refractivity contribution in [3.05, 3.63) is 40.9 Å². The summed E-state index contributed by atoms with van der Waals surface area (Å²) in [5.74, 6) is 0.306. The van der Waals surface area contributed by atoms with Gasteiger partial charge in [0.1, 0.15) is 5.01 Å². The highest BCUT2D eigenvalue weighted by atomic mass is 35.5. The van der Waals surface area contributed by atoms with Crippen LogP contribution in [-0.4, -0.2) is 17.3 Å². The van der Waals surface area contributed by atoms with Crippen molar-refractivity contribution in [2.45, 2.75) is 31.7 Å². The maximum Gasteiger partial charge on any atom is 0.414 e. The summed E-state index contributed by atoms with van der Waals surface area (Å²) >= 11 is 7.12. The van der Waals surface area contributed by atoms with Gasteiger partial charge in [-0.1, -0.05) is 24.3 Å². The van der Waals surface area contributed by atoms with Crippen molar-refractivity contribution in [1.82, 2.24) is 4.98 Å². The van der Waals surface area contributed by atoms with E-state index in [9.17, 15) is 13.2 Å². The van der Waals surface area contributed by atoms with Crippen LogP contribution in [0.5, 0.6) is 0 Å². The third kappa shape index (κ3) is 4.18. The molecule has 0 aliphatic heterocycles. The lowest BCUT2D eigenvalue weighted by atomic mass is 10.1. The van der Waals surface area contributed by atoms with Crippen molar-refractivity contribution in [3.63, 3.8) is 0 Å². The van der Waals surface area contributed by atoms with Crippen molar-refractivity contribution in [3.8, 4) is 10.6 Å². The fourth-order valence-corrected chi connectivity index (χ4v) is 2.76. The number of ether oxygens (including phenoxy) is 1. The molecule has 0 spiro atoms. The molecule has 1 aromatic heterocycles. The summed E-state index contributed by atoms with van der Waals surface area (Å²) in [5, 5.41) is 2.56. The Morgan fingerprint density at radius 3 is 2.67 bits per heavy atom. The van der Waals surface area contributed by atoms with Gasteiger partial charge in [0.2, 0.25) is 0 Å². The van der Waals surface area contributed by atoms with Gasteiger partial charge in [0, 0.05) is 10.9 Å². The van der Waals surface area contributed by atoms with Gasteiger partial charge in [-0.05, 0) is 12.5 Å². The van der Waals surface area contributed by atoms with Crippen LogP contribution >= 0.6 is 22.9 Å². The number of hydrogen-bond donors (Lipinski definition) is 0. The quantitative estimate of drug-likeness (QED) is 0.716. The lowest BCUT2D eigenvalue weighted by molar-refractivity contribution is -0.217. The Bertz CT molecular complexity index is 600. The van der Waals surface area contributed by atoms with E-state index < -0.39 is 12.3 Å². The van der Waals surface area contributed by atoms with Gasteiger partial charge in [-0.15, -0.1) is 22.9 Å². The van der Waals surface area contributed by atoms with Crippen LogP contribution in [0.15, 0.2) is 29.6 Å². The molecule has 0 aliphatic carbocycles.